The summed E-state index contributed by atoms with van der Waals surface area (Å²) in [6, 6.07) is 9.24. The van der Waals surface area contributed by atoms with Crippen molar-refractivity contribution in [3.05, 3.63) is 29.8 Å². The van der Waals surface area contributed by atoms with Gasteiger partial charge in [-0.2, -0.15) is 5.26 Å². The third-order valence-electron chi connectivity index (χ3n) is 3.47. The molecule has 1 aromatic rings. The molecule has 0 heterocycles. The SMILES string of the molecule is N#Cc1ccccc1OCCS(=O)CC1CCCC1. The Bertz CT molecular complexity index is 475. The monoisotopic (exact) mass is 277 g/mol. The van der Waals surface area contributed by atoms with Crippen LogP contribution in [0.3, 0.4) is 0 Å². The molecule has 1 aliphatic rings. The summed E-state index contributed by atoms with van der Waals surface area (Å²) in [5.41, 5.74) is 0.532. The van der Waals surface area contributed by atoms with Gasteiger partial charge in [0, 0.05) is 16.6 Å². The molecule has 1 saturated carbocycles. The minimum Gasteiger partial charge on any atom is -0.491 e. The second-order valence-corrected chi connectivity index (χ2v) is 6.54. The van der Waals surface area contributed by atoms with Crippen LogP contribution >= 0.6 is 0 Å². The molecule has 1 atom stereocenters. The van der Waals surface area contributed by atoms with Crippen LogP contribution in [0.5, 0.6) is 5.75 Å². The molecule has 0 radical (unpaired) electrons. The van der Waals surface area contributed by atoms with Crippen LogP contribution in [0.15, 0.2) is 24.3 Å². The van der Waals surface area contributed by atoms with Gasteiger partial charge in [0.2, 0.25) is 0 Å². The van der Waals surface area contributed by atoms with E-state index >= 15 is 0 Å². The zero-order chi connectivity index (χ0) is 13.5. The Kier molecular flexibility index (Phi) is 5.41. The van der Waals surface area contributed by atoms with E-state index in [0.29, 0.717) is 29.6 Å². The number of hydrogen-bond acceptors (Lipinski definition) is 3. The molecule has 0 aliphatic heterocycles. The van der Waals surface area contributed by atoms with Crippen LogP contribution in [0.1, 0.15) is 31.2 Å². The Balaban J connectivity index is 1.74. The van der Waals surface area contributed by atoms with Crippen molar-refractivity contribution in [1.29, 1.82) is 5.26 Å². The standard InChI is InChI=1S/C15H19NO2S/c16-11-14-7-3-4-8-15(14)18-9-10-19(17)12-13-5-1-2-6-13/h3-4,7-8,13H,1-2,5-6,9-10,12H2. The van der Waals surface area contributed by atoms with Gasteiger partial charge < -0.3 is 4.74 Å². The highest BCUT2D eigenvalue weighted by Gasteiger charge is 2.17. The molecular formula is C15H19NO2S. The van der Waals surface area contributed by atoms with E-state index in [4.69, 9.17) is 10.00 Å². The number of nitrogens with zero attached hydrogens (tertiary/aromatic N) is 1. The van der Waals surface area contributed by atoms with Crippen LogP contribution in [0.25, 0.3) is 0 Å². The summed E-state index contributed by atoms with van der Waals surface area (Å²) >= 11 is 0. The summed E-state index contributed by atoms with van der Waals surface area (Å²) in [6.07, 6.45) is 5.02. The van der Waals surface area contributed by atoms with Gasteiger partial charge in [-0.1, -0.05) is 25.0 Å². The third-order valence-corrected chi connectivity index (χ3v) is 4.94. The van der Waals surface area contributed by atoms with Crippen molar-refractivity contribution in [1.82, 2.24) is 0 Å². The van der Waals surface area contributed by atoms with Gasteiger partial charge in [0.05, 0.1) is 17.9 Å². The molecule has 0 amide bonds. The van der Waals surface area contributed by atoms with Crippen molar-refractivity contribution < 1.29 is 8.95 Å². The molecular weight excluding hydrogens is 258 g/mol. The summed E-state index contributed by atoms with van der Waals surface area (Å²) < 4.78 is 17.5. The van der Waals surface area contributed by atoms with E-state index in [2.05, 4.69) is 6.07 Å². The average Bonchev–Trinajstić information content (AvgIpc) is 2.92. The van der Waals surface area contributed by atoms with Gasteiger partial charge in [0.1, 0.15) is 11.8 Å². The fourth-order valence-electron chi connectivity index (χ4n) is 2.45. The summed E-state index contributed by atoms with van der Waals surface area (Å²) in [5.74, 6) is 2.59. The molecule has 0 bridgehead atoms. The highest BCUT2D eigenvalue weighted by atomic mass is 32.2. The maximum absolute atomic E-state index is 11.9. The van der Waals surface area contributed by atoms with Gasteiger partial charge in [-0.15, -0.1) is 0 Å². The second kappa shape index (κ2) is 7.30. The van der Waals surface area contributed by atoms with Crippen molar-refractivity contribution in [3.63, 3.8) is 0 Å². The first-order chi connectivity index (χ1) is 9.29. The predicted molar refractivity (Wildman–Crippen MR) is 76.5 cm³/mol. The highest BCUT2D eigenvalue weighted by molar-refractivity contribution is 7.85. The average molecular weight is 277 g/mol. The van der Waals surface area contributed by atoms with Gasteiger partial charge in [-0.25, -0.2) is 0 Å². The maximum atomic E-state index is 11.9. The van der Waals surface area contributed by atoms with Gasteiger partial charge in [0.25, 0.3) is 0 Å². The van der Waals surface area contributed by atoms with Gasteiger partial charge in [-0.05, 0) is 30.9 Å². The molecule has 0 N–H and O–H groups in total. The van der Waals surface area contributed by atoms with Crippen molar-refractivity contribution in [2.24, 2.45) is 5.92 Å². The first-order valence-electron chi connectivity index (χ1n) is 6.76. The van der Waals surface area contributed by atoms with Crippen LogP contribution in [0.2, 0.25) is 0 Å². The van der Waals surface area contributed by atoms with Crippen molar-refractivity contribution in [2.75, 3.05) is 18.1 Å². The second-order valence-electron chi connectivity index (χ2n) is 4.92. The van der Waals surface area contributed by atoms with Crippen LogP contribution in [-0.2, 0) is 10.8 Å². The van der Waals surface area contributed by atoms with Gasteiger partial charge in [-0.3, -0.25) is 4.21 Å². The third kappa shape index (κ3) is 4.36. The van der Waals surface area contributed by atoms with Crippen molar-refractivity contribution in [2.45, 2.75) is 25.7 Å². The van der Waals surface area contributed by atoms with Crippen molar-refractivity contribution in [3.8, 4) is 11.8 Å². The van der Waals surface area contributed by atoms with Crippen LogP contribution in [0, 0.1) is 17.2 Å². The zero-order valence-corrected chi connectivity index (χ0v) is 11.8. The number of para-hydroxylation sites is 1. The van der Waals surface area contributed by atoms with E-state index in [9.17, 15) is 4.21 Å². The summed E-state index contributed by atoms with van der Waals surface area (Å²) in [5, 5.41) is 8.93. The van der Waals surface area contributed by atoms with Crippen LogP contribution < -0.4 is 4.74 Å². The lowest BCUT2D eigenvalue weighted by Gasteiger charge is -2.10. The number of benzene rings is 1. The first-order valence-corrected chi connectivity index (χ1v) is 8.25. The molecule has 0 aromatic heterocycles. The molecule has 0 spiro atoms. The van der Waals surface area contributed by atoms with E-state index in [1.807, 2.05) is 12.1 Å². The van der Waals surface area contributed by atoms with E-state index in [0.717, 1.165) is 5.75 Å². The minimum atomic E-state index is -0.800. The number of hydrogen-bond donors (Lipinski definition) is 0. The Morgan fingerprint density at radius 1 is 1.32 bits per heavy atom. The van der Waals surface area contributed by atoms with E-state index in [-0.39, 0.29) is 0 Å². The number of ether oxygens (including phenoxy) is 1. The lowest BCUT2D eigenvalue weighted by atomic mass is 10.1. The van der Waals surface area contributed by atoms with Crippen LogP contribution in [0.4, 0.5) is 0 Å². The predicted octanol–water partition coefficient (Wildman–Crippen LogP) is 2.88. The molecule has 0 saturated heterocycles. The topological polar surface area (TPSA) is 50.1 Å². The summed E-state index contributed by atoms with van der Waals surface area (Å²) in [7, 11) is -0.800. The molecule has 19 heavy (non-hydrogen) atoms. The van der Waals surface area contributed by atoms with E-state index in [1.54, 1.807) is 12.1 Å². The molecule has 102 valence electrons. The fraction of sp³-hybridized carbons (Fsp3) is 0.533. The Hall–Kier alpha value is -1.34. The molecule has 2 rings (SSSR count). The minimum absolute atomic E-state index is 0.415. The first kappa shape index (κ1) is 14.1. The fourth-order valence-corrected chi connectivity index (χ4v) is 3.75. The van der Waals surface area contributed by atoms with E-state index < -0.39 is 10.8 Å². The van der Waals surface area contributed by atoms with E-state index in [1.165, 1.54) is 25.7 Å². The van der Waals surface area contributed by atoms with Gasteiger partial charge in [0.15, 0.2) is 0 Å². The molecule has 1 fully saturated rings. The Labute approximate surface area is 117 Å². The molecule has 3 nitrogen and oxygen atoms in total. The normalized spacial score (nSPS) is 17.0. The quantitative estimate of drug-likeness (QED) is 0.803. The number of rotatable bonds is 6. The largest absolute Gasteiger partial charge is 0.491 e. The zero-order valence-electron chi connectivity index (χ0n) is 11.0. The lowest BCUT2D eigenvalue weighted by molar-refractivity contribution is 0.341. The molecule has 4 heteroatoms. The number of nitriles is 1. The molecule has 1 unspecified atom stereocenters. The van der Waals surface area contributed by atoms with Gasteiger partial charge >= 0.3 is 0 Å². The maximum Gasteiger partial charge on any atom is 0.137 e. The highest BCUT2D eigenvalue weighted by Crippen LogP contribution is 2.25. The lowest BCUT2D eigenvalue weighted by Crippen LogP contribution is -2.15. The summed E-state index contributed by atoms with van der Waals surface area (Å²) in [6.45, 7) is 0.415. The smallest absolute Gasteiger partial charge is 0.137 e. The Morgan fingerprint density at radius 3 is 2.79 bits per heavy atom. The van der Waals surface area contributed by atoms with Crippen LogP contribution in [-0.4, -0.2) is 22.3 Å². The van der Waals surface area contributed by atoms with Crippen molar-refractivity contribution >= 4 is 10.8 Å². The molecule has 1 aliphatic carbocycles. The molecule has 1 aromatic carbocycles. The summed E-state index contributed by atoms with van der Waals surface area (Å²) in [4.78, 5) is 0. The Morgan fingerprint density at radius 2 is 2.05 bits per heavy atom.